The first-order valence-corrected chi connectivity index (χ1v) is 6.07. The van der Waals surface area contributed by atoms with Gasteiger partial charge in [0, 0.05) is 12.2 Å². The molecule has 18 heavy (non-hydrogen) atoms. The van der Waals surface area contributed by atoms with Gasteiger partial charge in [0.15, 0.2) is 0 Å². The second-order valence-corrected chi connectivity index (χ2v) is 5.19. The van der Waals surface area contributed by atoms with Crippen molar-refractivity contribution in [3.05, 3.63) is 34.2 Å². The number of aromatic carboxylic acids is 1. The van der Waals surface area contributed by atoms with Crippen LogP contribution in [0.4, 0.5) is 0 Å². The fourth-order valence-corrected chi connectivity index (χ4v) is 2.63. The standard InChI is InChI=1S/C13H17NO4/c1-13(18)6-2-4-9(8-13)14-7-3-5-10(11(14)15)12(16)17/h3,5,7,9,18H,2,4,6,8H2,1H3,(H,16,17)/t9?,13-/m1/s1. The topological polar surface area (TPSA) is 79.5 Å². The van der Waals surface area contributed by atoms with E-state index in [9.17, 15) is 14.7 Å². The van der Waals surface area contributed by atoms with Crippen LogP contribution in [0.3, 0.4) is 0 Å². The molecule has 0 radical (unpaired) electrons. The molecule has 1 aromatic heterocycles. The van der Waals surface area contributed by atoms with E-state index in [4.69, 9.17) is 5.11 Å². The third-order valence-electron chi connectivity index (χ3n) is 3.53. The number of pyridine rings is 1. The number of nitrogens with zero attached hydrogens (tertiary/aromatic N) is 1. The summed E-state index contributed by atoms with van der Waals surface area (Å²) < 4.78 is 1.44. The maximum Gasteiger partial charge on any atom is 0.341 e. The van der Waals surface area contributed by atoms with Crippen LogP contribution in [0.15, 0.2) is 23.1 Å². The lowest BCUT2D eigenvalue weighted by Gasteiger charge is -2.34. The molecule has 0 amide bonds. The van der Waals surface area contributed by atoms with Crippen LogP contribution in [0.1, 0.15) is 49.0 Å². The van der Waals surface area contributed by atoms with Crippen LogP contribution in [-0.4, -0.2) is 26.4 Å². The van der Waals surface area contributed by atoms with Gasteiger partial charge in [-0.05, 0) is 44.7 Å². The highest BCUT2D eigenvalue weighted by molar-refractivity contribution is 5.86. The predicted octanol–water partition coefficient (Wildman–Crippen LogP) is 1.41. The summed E-state index contributed by atoms with van der Waals surface area (Å²) in [6.45, 7) is 1.76. The van der Waals surface area contributed by atoms with Gasteiger partial charge in [-0.1, -0.05) is 0 Å². The van der Waals surface area contributed by atoms with E-state index in [-0.39, 0.29) is 11.6 Å². The van der Waals surface area contributed by atoms with E-state index in [1.165, 1.54) is 10.6 Å². The fourth-order valence-electron chi connectivity index (χ4n) is 2.63. The van der Waals surface area contributed by atoms with Gasteiger partial charge in [-0.2, -0.15) is 0 Å². The second kappa shape index (κ2) is 4.57. The number of hydrogen-bond acceptors (Lipinski definition) is 3. The Bertz CT molecular complexity index is 518. The molecule has 1 fully saturated rings. The van der Waals surface area contributed by atoms with Gasteiger partial charge in [0.05, 0.1) is 5.60 Å². The van der Waals surface area contributed by atoms with E-state index in [1.807, 2.05) is 0 Å². The zero-order chi connectivity index (χ0) is 13.3. The molecule has 98 valence electrons. The maximum atomic E-state index is 12.0. The smallest absolute Gasteiger partial charge is 0.341 e. The Balaban J connectivity index is 2.37. The first kappa shape index (κ1) is 12.8. The van der Waals surface area contributed by atoms with Gasteiger partial charge < -0.3 is 14.8 Å². The van der Waals surface area contributed by atoms with Crippen molar-refractivity contribution in [3.63, 3.8) is 0 Å². The third kappa shape index (κ3) is 2.46. The van der Waals surface area contributed by atoms with E-state index in [2.05, 4.69) is 0 Å². The largest absolute Gasteiger partial charge is 0.477 e. The van der Waals surface area contributed by atoms with Crippen molar-refractivity contribution in [1.82, 2.24) is 4.57 Å². The molecule has 1 aliphatic rings. The molecule has 5 nitrogen and oxygen atoms in total. The minimum Gasteiger partial charge on any atom is -0.477 e. The van der Waals surface area contributed by atoms with Crippen molar-refractivity contribution in [3.8, 4) is 0 Å². The van der Waals surface area contributed by atoms with E-state index >= 15 is 0 Å². The summed E-state index contributed by atoms with van der Waals surface area (Å²) in [4.78, 5) is 22.9. The van der Waals surface area contributed by atoms with Gasteiger partial charge in [-0.3, -0.25) is 4.79 Å². The van der Waals surface area contributed by atoms with Crippen molar-refractivity contribution in [2.45, 2.75) is 44.2 Å². The molecule has 1 aromatic rings. The highest BCUT2D eigenvalue weighted by Gasteiger charge is 2.31. The average molecular weight is 251 g/mol. The summed E-state index contributed by atoms with van der Waals surface area (Å²) in [5.41, 5.74) is -1.49. The van der Waals surface area contributed by atoms with Crippen LogP contribution in [0.25, 0.3) is 0 Å². The monoisotopic (exact) mass is 251 g/mol. The molecule has 1 unspecified atom stereocenters. The highest BCUT2D eigenvalue weighted by atomic mass is 16.4. The molecule has 0 spiro atoms. The minimum atomic E-state index is -1.21. The quantitative estimate of drug-likeness (QED) is 0.833. The molecule has 1 aliphatic carbocycles. The molecule has 0 saturated heterocycles. The molecule has 2 rings (SSSR count). The van der Waals surface area contributed by atoms with Crippen molar-refractivity contribution in [1.29, 1.82) is 0 Å². The van der Waals surface area contributed by atoms with Crippen molar-refractivity contribution >= 4 is 5.97 Å². The van der Waals surface area contributed by atoms with Gasteiger partial charge in [-0.25, -0.2) is 4.79 Å². The zero-order valence-corrected chi connectivity index (χ0v) is 10.3. The lowest BCUT2D eigenvalue weighted by Crippen LogP contribution is -2.37. The van der Waals surface area contributed by atoms with Crippen molar-refractivity contribution in [2.24, 2.45) is 0 Å². The predicted molar refractivity (Wildman–Crippen MR) is 65.8 cm³/mol. The fraction of sp³-hybridized carbons (Fsp3) is 0.538. The molecule has 0 bridgehead atoms. The van der Waals surface area contributed by atoms with Gasteiger partial charge >= 0.3 is 5.97 Å². The number of carboxylic acids is 1. The van der Waals surface area contributed by atoms with Crippen LogP contribution in [0, 0.1) is 0 Å². The van der Waals surface area contributed by atoms with Crippen molar-refractivity contribution in [2.75, 3.05) is 0 Å². The highest BCUT2D eigenvalue weighted by Crippen LogP contribution is 2.34. The second-order valence-electron chi connectivity index (χ2n) is 5.19. The maximum absolute atomic E-state index is 12.0. The summed E-state index contributed by atoms with van der Waals surface area (Å²) in [6.07, 6.45) is 4.42. The van der Waals surface area contributed by atoms with Crippen LogP contribution in [0.5, 0.6) is 0 Å². The molecular weight excluding hydrogens is 234 g/mol. The third-order valence-corrected chi connectivity index (χ3v) is 3.53. The Morgan fingerprint density at radius 2 is 2.28 bits per heavy atom. The lowest BCUT2D eigenvalue weighted by atomic mass is 9.83. The SMILES string of the molecule is C[C@@]1(O)CCCC(n2cccc(C(=O)O)c2=O)C1. The summed E-state index contributed by atoms with van der Waals surface area (Å²) in [5.74, 6) is -1.21. The summed E-state index contributed by atoms with van der Waals surface area (Å²) in [6, 6.07) is 2.75. The Morgan fingerprint density at radius 1 is 1.56 bits per heavy atom. The van der Waals surface area contributed by atoms with Crippen LogP contribution in [0.2, 0.25) is 0 Å². The van der Waals surface area contributed by atoms with Crippen molar-refractivity contribution < 1.29 is 15.0 Å². The number of carboxylic acid groups (broad SMARTS) is 1. The van der Waals surface area contributed by atoms with E-state index in [1.54, 1.807) is 19.2 Å². The summed E-state index contributed by atoms with van der Waals surface area (Å²) >= 11 is 0. The number of hydrogen-bond donors (Lipinski definition) is 2. The lowest BCUT2D eigenvalue weighted by molar-refractivity contribution is 0.00329. The Labute approximate surface area is 105 Å². The Kier molecular flexibility index (Phi) is 3.26. The number of carbonyl (C=O) groups is 1. The molecule has 1 heterocycles. The molecule has 0 aliphatic heterocycles. The molecular formula is C13H17NO4. The molecule has 1 saturated carbocycles. The van der Waals surface area contributed by atoms with Crippen LogP contribution in [-0.2, 0) is 0 Å². The summed E-state index contributed by atoms with van der Waals surface area (Å²) in [5, 5.41) is 19.0. The molecule has 2 N–H and O–H groups in total. The number of aromatic nitrogens is 1. The molecule has 5 heteroatoms. The summed E-state index contributed by atoms with van der Waals surface area (Å²) in [7, 11) is 0. The first-order chi connectivity index (χ1) is 8.41. The van der Waals surface area contributed by atoms with E-state index in [0.717, 1.165) is 19.3 Å². The van der Waals surface area contributed by atoms with Gasteiger partial charge in [-0.15, -0.1) is 0 Å². The average Bonchev–Trinajstić information content (AvgIpc) is 2.27. The van der Waals surface area contributed by atoms with E-state index < -0.39 is 17.1 Å². The number of aliphatic hydroxyl groups is 1. The minimum absolute atomic E-state index is 0.124. The van der Waals surface area contributed by atoms with Gasteiger partial charge in [0.2, 0.25) is 0 Å². The van der Waals surface area contributed by atoms with Gasteiger partial charge in [0.25, 0.3) is 5.56 Å². The first-order valence-electron chi connectivity index (χ1n) is 6.07. The molecule has 2 atom stereocenters. The van der Waals surface area contributed by atoms with Crippen LogP contribution >= 0.6 is 0 Å². The number of rotatable bonds is 2. The normalized spacial score (nSPS) is 28.0. The van der Waals surface area contributed by atoms with E-state index in [0.29, 0.717) is 6.42 Å². The Morgan fingerprint density at radius 3 is 2.89 bits per heavy atom. The Hall–Kier alpha value is -1.62. The zero-order valence-electron chi connectivity index (χ0n) is 10.3. The molecule has 0 aromatic carbocycles. The van der Waals surface area contributed by atoms with Crippen LogP contribution < -0.4 is 5.56 Å². The van der Waals surface area contributed by atoms with Gasteiger partial charge in [0.1, 0.15) is 5.56 Å².